The Labute approximate surface area is 87.9 Å². The van der Waals surface area contributed by atoms with Gasteiger partial charge in [0.05, 0.1) is 17.6 Å². The van der Waals surface area contributed by atoms with Crippen LogP contribution in [0.2, 0.25) is 0 Å². The predicted molar refractivity (Wildman–Crippen MR) is 55.3 cm³/mol. The van der Waals surface area contributed by atoms with Crippen molar-refractivity contribution < 1.29 is 9.84 Å². The Morgan fingerprint density at radius 3 is 3.29 bits per heavy atom. The molecule has 2 atom stereocenters. The molecule has 1 aromatic heterocycles. The lowest BCUT2D eigenvalue weighted by molar-refractivity contribution is -0.106. The Morgan fingerprint density at radius 1 is 1.79 bits per heavy atom. The summed E-state index contributed by atoms with van der Waals surface area (Å²) in [6, 6.07) is 1.91. The molecule has 2 rings (SSSR count). The van der Waals surface area contributed by atoms with Crippen molar-refractivity contribution >= 4 is 11.5 Å². The maximum absolute atomic E-state index is 10.4. The molecule has 0 aromatic carbocycles. The maximum atomic E-state index is 10.4. The summed E-state index contributed by atoms with van der Waals surface area (Å²) in [6.45, 7) is 2.73. The van der Waals surface area contributed by atoms with Crippen LogP contribution in [0.25, 0.3) is 0 Å². The number of ether oxygens (including phenoxy) is 1. The van der Waals surface area contributed by atoms with Gasteiger partial charge in [-0.25, -0.2) is 4.37 Å². The Hall–Kier alpha value is -0.450. The van der Waals surface area contributed by atoms with Gasteiger partial charge >= 0.3 is 0 Å². The Morgan fingerprint density at radius 2 is 2.64 bits per heavy atom. The van der Waals surface area contributed by atoms with E-state index in [0.717, 1.165) is 11.3 Å². The average Bonchev–Trinajstić information content (AvgIpc) is 2.71. The third-order valence-electron chi connectivity index (χ3n) is 2.79. The number of nitrogens with zero attached hydrogens (tertiary/aromatic N) is 1. The van der Waals surface area contributed by atoms with Crippen LogP contribution in [-0.2, 0) is 10.3 Å². The van der Waals surface area contributed by atoms with Crippen LogP contribution in [0.3, 0.4) is 0 Å². The van der Waals surface area contributed by atoms with Gasteiger partial charge in [-0.1, -0.05) is 6.92 Å². The lowest BCUT2D eigenvalue weighted by Gasteiger charge is -2.35. The van der Waals surface area contributed by atoms with E-state index in [4.69, 9.17) is 4.74 Å². The van der Waals surface area contributed by atoms with Gasteiger partial charge in [-0.05, 0) is 24.0 Å². The van der Waals surface area contributed by atoms with Crippen molar-refractivity contribution in [1.82, 2.24) is 4.37 Å². The van der Waals surface area contributed by atoms with Gasteiger partial charge in [0.15, 0.2) is 0 Å². The zero-order chi connectivity index (χ0) is 10.0. The molecule has 0 spiro atoms. The normalized spacial score (nSPS) is 33.1. The molecule has 0 amide bonds. The van der Waals surface area contributed by atoms with E-state index in [2.05, 4.69) is 11.3 Å². The van der Waals surface area contributed by atoms with Crippen LogP contribution in [0, 0.1) is 0 Å². The molecule has 1 fully saturated rings. The van der Waals surface area contributed by atoms with Gasteiger partial charge in [-0.15, -0.1) is 0 Å². The smallest absolute Gasteiger partial charge is 0.105 e. The van der Waals surface area contributed by atoms with Gasteiger partial charge in [-0.2, -0.15) is 0 Å². The molecule has 0 aliphatic carbocycles. The van der Waals surface area contributed by atoms with Crippen molar-refractivity contribution in [2.45, 2.75) is 37.9 Å². The number of hydrogen-bond acceptors (Lipinski definition) is 4. The van der Waals surface area contributed by atoms with Crippen molar-refractivity contribution in [3.63, 3.8) is 0 Å². The minimum Gasteiger partial charge on any atom is -0.384 e. The maximum Gasteiger partial charge on any atom is 0.105 e. The molecule has 1 aromatic rings. The monoisotopic (exact) mass is 213 g/mol. The van der Waals surface area contributed by atoms with Crippen molar-refractivity contribution in [3.05, 3.63) is 17.1 Å². The van der Waals surface area contributed by atoms with E-state index in [1.165, 1.54) is 11.5 Å². The average molecular weight is 213 g/mol. The largest absolute Gasteiger partial charge is 0.384 e. The number of hydrogen-bond donors (Lipinski definition) is 1. The van der Waals surface area contributed by atoms with Gasteiger partial charge in [0.25, 0.3) is 0 Å². The second kappa shape index (κ2) is 3.96. The first-order valence-corrected chi connectivity index (χ1v) is 5.77. The quantitative estimate of drug-likeness (QED) is 0.816. The first kappa shape index (κ1) is 10.1. The molecule has 1 aliphatic rings. The van der Waals surface area contributed by atoms with Crippen molar-refractivity contribution in [2.75, 3.05) is 6.61 Å². The Kier molecular flexibility index (Phi) is 2.85. The molecule has 1 N–H and O–H groups in total. The highest BCUT2D eigenvalue weighted by Gasteiger charge is 2.37. The van der Waals surface area contributed by atoms with Crippen LogP contribution in [0.1, 0.15) is 31.1 Å². The van der Waals surface area contributed by atoms with Crippen molar-refractivity contribution in [3.8, 4) is 0 Å². The molecule has 0 bridgehead atoms. The van der Waals surface area contributed by atoms with Crippen LogP contribution in [0.5, 0.6) is 0 Å². The summed E-state index contributed by atoms with van der Waals surface area (Å²) >= 11 is 1.39. The number of aromatic nitrogens is 1. The topological polar surface area (TPSA) is 42.4 Å². The fourth-order valence-electron chi connectivity index (χ4n) is 1.87. The molecular formula is C10H15NO2S. The molecule has 2 unspecified atom stereocenters. The third-order valence-corrected chi connectivity index (χ3v) is 3.73. The zero-order valence-electron chi connectivity index (χ0n) is 8.27. The number of aliphatic hydroxyl groups is 1. The van der Waals surface area contributed by atoms with E-state index in [0.29, 0.717) is 19.4 Å². The van der Waals surface area contributed by atoms with E-state index in [9.17, 15) is 5.11 Å². The molecule has 4 heteroatoms. The van der Waals surface area contributed by atoms with Gasteiger partial charge in [0.2, 0.25) is 0 Å². The second-order valence-electron chi connectivity index (χ2n) is 3.76. The van der Waals surface area contributed by atoms with Gasteiger partial charge < -0.3 is 9.84 Å². The molecule has 2 heterocycles. The van der Waals surface area contributed by atoms with E-state index in [1.54, 1.807) is 6.20 Å². The minimum absolute atomic E-state index is 0.191. The standard InChI is InChI=1S/C10H15NO2S/c1-2-8-7-10(12,4-6-13-8)9-3-5-11-14-9/h3,5,8,12H,2,4,6-7H2,1H3. The molecule has 1 saturated heterocycles. The summed E-state index contributed by atoms with van der Waals surface area (Å²) in [4.78, 5) is 0.972. The van der Waals surface area contributed by atoms with Gasteiger partial charge in [0.1, 0.15) is 5.60 Å². The minimum atomic E-state index is -0.694. The second-order valence-corrected chi connectivity index (χ2v) is 4.60. The highest BCUT2D eigenvalue weighted by Crippen LogP contribution is 2.36. The first-order chi connectivity index (χ1) is 6.74. The first-order valence-electron chi connectivity index (χ1n) is 5.00. The molecule has 0 radical (unpaired) electrons. The predicted octanol–water partition coefficient (Wildman–Crippen LogP) is 1.92. The van der Waals surface area contributed by atoms with Gasteiger partial charge in [0, 0.05) is 19.0 Å². The fraction of sp³-hybridized carbons (Fsp3) is 0.700. The van der Waals surface area contributed by atoms with E-state index in [-0.39, 0.29) is 6.10 Å². The third kappa shape index (κ3) is 1.82. The molecular weight excluding hydrogens is 198 g/mol. The SMILES string of the molecule is CCC1CC(O)(c2ccns2)CCO1. The summed E-state index contributed by atoms with van der Waals surface area (Å²) < 4.78 is 9.58. The highest BCUT2D eigenvalue weighted by atomic mass is 32.1. The molecule has 1 aliphatic heterocycles. The summed E-state index contributed by atoms with van der Waals surface area (Å²) in [5.74, 6) is 0. The van der Waals surface area contributed by atoms with Crippen molar-refractivity contribution in [2.24, 2.45) is 0 Å². The van der Waals surface area contributed by atoms with E-state index < -0.39 is 5.60 Å². The summed E-state index contributed by atoms with van der Waals surface area (Å²) in [6.07, 6.45) is 4.28. The lowest BCUT2D eigenvalue weighted by Crippen LogP contribution is -2.37. The molecule has 14 heavy (non-hydrogen) atoms. The van der Waals surface area contributed by atoms with E-state index >= 15 is 0 Å². The highest BCUT2D eigenvalue weighted by molar-refractivity contribution is 7.05. The van der Waals surface area contributed by atoms with Crippen LogP contribution < -0.4 is 0 Å². The summed E-state index contributed by atoms with van der Waals surface area (Å²) in [5.41, 5.74) is -0.694. The number of rotatable bonds is 2. The molecule has 78 valence electrons. The molecule has 3 nitrogen and oxygen atoms in total. The van der Waals surface area contributed by atoms with Crippen LogP contribution >= 0.6 is 11.5 Å². The summed E-state index contributed by atoms with van der Waals surface area (Å²) in [5, 5.41) is 10.4. The van der Waals surface area contributed by atoms with Gasteiger partial charge in [-0.3, -0.25) is 0 Å². The van der Waals surface area contributed by atoms with Crippen LogP contribution in [0.4, 0.5) is 0 Å². The van der Waals surface area contributed by atoms with Crippen molar-refractivity contribution in [1.29, 1.82) is 0 Å². The zero-order valence-corrected chi connectivity index (χ0v) is 9.09. The van der Waals surface area contributed by atoms with Crippen LogP contribution in [0.15, 0.2) is 12.3 Å². The Bertz CT molecular complexity index is 288. The van der Waals surface area contributed by atoms with E-state index in [1.807, 2.05) is 6.07 Å². The van der Waals surface area contributed by atoms with Crippen LogP contribution in [-0.4, -0.2) is 22.2 Å². The molecule has 0 saturated carbocycles. The Balaban J connectivity index is 2.15. The lowest BCUT2D eigenvalue weighted by atomic mass is 9.88. The summed E-state index contributed by atoms with van der Waals surface area (Å²) in [7, 11) is 0. The fourth-order valence-corrected chi connectivity index (χ4v) is 2.59.